The fraction of sp³-hybridized carbons (Fsp3) is 0.333. The third kappa shape index (κ3) is 1.93. The zero-order valence-corrected chi connectivity index (χ0v) is 7.87. The molecule has 0 radical (unpaired) electrons. The van der Waals surface area contributed by atoms with Gasteiger partial charge >= 0.3 is 0 Å². The van der Waals surface area contributed by atoms with Crippen LogP contribution >= 0.6 is 0 Å². The van der Waals surface area contributed by atoms with E-state index in [2.05, 4.69) is 10.1 Å². The molecule has 0 saturated carbocycles. The van der Waals surface area contributed by atoms with Gasteiger partial charge in [0.1, 0.15) is 0 Å². The van der Waals surface area contributed by atoms with Gasteiger partial charge in [-0.15, -0.1) is 0 Å². The highest BCUT2D eigenvalue weighted by atomic mass is 15.3. The summed E-state index contributed by atoms with van der Waals surface area (Å²) in [5, 5.41) is 4.12. The third-order valence-electron chi connectivity index (χ3n) is 2.09. The van der Waals surface area contributed by atoms with Crippen LogP contribution < -0.4 is 5.73 Å². The van der Waals surface area contributed by atoms with Crippen LogP contribution in [0, 0.1) is 0 Å². The lowest BCUT2D eigenvalue weighted by atomic mass is 10.4. The molecule has 2 heterocycles. The van der Waals surface area contributed by atoms with Crippen LogP contribution in [-0.2, 0) is 13.1 Å². The van der Waals surface area contributed by atoms with Crippen LogP contribution in [0.3, 0.4) is 0 Å². The predicted octanol–water partition coefficient (Wildman–Crippen LogP) is 0.752. The molecular formula is C9H13N5. The Morgan fingerprint density at radius 2 is 2.14 bits per heavy atom. The van der Waals surface area contributed by atoms with E-state index in [-0.39, 0.29) is 0 Å². The standard InChI is InChI=1S/C9H13N5/c10-9-11-4-8-13(9)5-2-7-14-6-1-3-12-14/h1,3-4,6,8H,2,5,7H2,(H2,10,11). The number of nitrogen functional groups attached to an aromatic ring is 1. The maximum Gasteiger partial charge on any atom is 0.200 e. The van der Waals surface area contributed by atoms with E-state index in [1.807, 2.05) is 27.7 Å². The summed E-state index contributed by atoms with van der Waals surface area (Å²) < 4.78 is 3.84. The fourth-order valence-electron chi connectivity index (χ4n) is 1.37. The molecule has 14 heavy (non-hydrogen) atoms. The molecule has 5 nitrogen and oxygen atoms in total. The average molecular weight is 191 g/mol. The Bertz CT molecular complexity index is 376. The van der Waals surface area contributed by atoms with Gasteiger partial charge in [-0.3, -0.25) is 4.68 Å². The van der Waals surface area contributed by atoms with E-state index in [0.717, 1.165) is 19.5 Å². The number of hydrogen-bond acceptors (Lipinski definition) is 3. The maximum absolute atomic E-state index is 5.63. The zero-order chi connectivity index (χ0) is 9.80. The van der Waals surface area contributed by atoms with Crippen molar-refractivity contribution in [2.24, 2.45) is 0 Å². The lowest BCUT2D eigenvalue weighted by Gasteiger charge is -2.04. The number of aromatic nitrogens is 4. The summed E-state index contributed by atoms with van der Waals surface area (Å²) in [6.45, 7) is 1.79. The van der Waals surface area contributed by atoms with Crippen molar-refractivity contribution in [1.29, 1.82) is 0 Å². The van der Waals surface area contributed by atoms with Crippen molar-refractivity contribution in [1.82, 2.24) is 19.3 Å². The number of hydrogen-bond donors (Lipinski definition) is 1. The molecule has 0 saturated heterocycles. The van der Waals surface area contributed by atoms with E-state index in [1.54, 1.807) is 12.4 Å². The van der Waals surface area contributed by atoms with Crippen LogP contribution in [0.25, 0.3) is 0 Å². The van der Waals surface area contributed by atoms with Crippen LogP contribution in [-0.4, -0.2) is 19.3 Å². The van der Waals surface area contributed by atoms with Gasteiger partial charge in [-0.05, 0) is 12.5 Å². The minimum atomic E-state index is 0.575. The summed E-state index contributed by atoms with van der Waals surface area (Å²) >= 11 is 0. The summed E-state index contributed by atoms with van der Waals surface area (Å²) in [7, 11) is 0. The summed E-state index contributed by atoms with van der Waals surface area (Å²) in [6, 6.07) is 1.92. The van der Waals surface area contributed by atoms with Gasteiger partial charge in [0.05, 0.1) is 0 Å². The van der Waals surface area contributed by atoms with Gasteiger partial charge in [0.2, 0.25) is 0 Å². The molecule has 0 spiro atoms. The smallest absolute Gasteiger partial charge is 0.200 e. The van der Waals surface area contributed by atoms with E-state index >= 15 is 0 Å². The van der Waals surface area contributed by atoms with Gasteiger partial charge in [0.25, 0.3) is 0 Å². The molecular weight excluding hydrogens is 178 g/mol. The fourth-order valence-corrected chi connectivity index (χ4v) is 1.37. The predicted molar refractivity (Wildman–Crippen MR) is 53.5 cm³/mol. The molecule has 0 unspecified atom stereocenters. The Morgan fingerprint density at radius 1 is 1.21 bits per heavy atom. The SMILES string of the molecule is Nc1nccn1CCCn1cccn1. The highest BCUT2D eigenvalue weighted by molar-refractivity contribution is 5.16. The minimum Gasteiger partial charge on any atom is -0.369 e. The monoisotopic (exact) mass is 191 g/mol. The van der Waals surface area contributed by atoms with E-state index in [1.165, 1.54) is 0 Å². The summed E-state index contributed by atoms with van der Waals surface area (Å²) in [5.41, 5.74) is 5.63. The lowest BCUT2D eigenvalue weighted by molar-refractivity contribution is 0.529. The van der Waals surface area contributed by atoms with E-state index in [0.29, 0.717) is 5.95 Å². The molecule has 0 amide bonds. The van der Waals surface area contributed by atoms with Crippen LogP contribution in [0.15, 0.2) is 30.9 Å². The number of nitrogens with two attached hydrogens (primary N) is 1. The Labute approximate surface area is 82.2 Å². The Morgan fingerprint density at radius 3 is 2.79 bits per heavy atom. The molecule has 2 N–H and O–H groups in total. The molecule has 5 heteroatoms. The minimum absolute atomic E-state index is 0.575. The summed E-state index contributed by atoms with van der Waals surface area (Å²) in [6.07, 6.45) is 8.34. The van der Waals surface area contributed by atoms with Crippen molar-refractivity contribution < 1.29 is 0 Å². The van der Waals surface area contributed by atoms with Crippen molar-refractivity contribution in [3.05, 3.63) is 30.9 Å². The van der Waals surface area contributed by atoms with Crippen LogP contribution in [0.1, 0.15) is 6.42 Å². The van der Waals surface area contributed by atoms with Gasteiger partial charge in [0.15, 0.2) is 5.95 Å². The Hall–Kier alpha value is -1.78. The molecule has 2 rings (SSSR count). The van der Waals surface area contributed by atoms with Crippen molar-refractivity contribution >= 4 is 5.95 Å². The van der Waals surface area contributed by atoms with Crippen molar-refractivity contribution in [3.8, 4) is 0 Å². The zero-order valence-electron chi connectivity index (χ0n) is 7.87. The van der Waals surface area contributed by atoms with Crippen LogP contribution in [0.5, 0.6) is 0 Å². The highest BCUT2D eigenvalue weighted by Crippen LogP contribution is 2.00. The Kier molecular flexibility index (Phi) is 2.48. The third-order valence-corrected chi connectivity index (χ3v) is 2.09. The first kappa shape index (κ1) is 8.80. The first-order valence-electron chi connectivity index (χ1n) is 4.60. The van der Waals surface area contributed by atoms with Crippen molar-refractivity contribution in [2.75, 3.05) is 5.73 Å². The number of aryl methyl sites for hydroxylation is 2. The van der Waals surface area contributed by atoms with Gasteiger partial charge in [-0.25, -0.2) is 4.98 Å². The van der Waals surface area contributed by atoms with Gasteiger partial charge in [0, 0.05) is 37.9 Å². The summed E-state index contributed by atoms with van der Waals surface area (Å²) in [5.74, 6) is 0.575. The summed E-state index contributed by atoms with van der Waals surface area (Å²) in [4.78, 5) is 3.95. The van der Waals surface area contributed by atoms with Crippen LogP contribution in [0.2, 0.25) is 0 Å². The van der Waals surface area contributed by atoms with Crippen molar-refractivity contribution in [2.45, 2.75) is 19.5 Å². The molecule has 2 aromatic rings. The molecule has 0 aliphatic rings. The number of rotatable bonds is 4. The number of anilines is 1. The molecule has 2 aromatic heterocycles. The van der Waals surface area contributed by atoms with E-state index in [9.17, 15) is 0 Å². The molecule has 0 aliphatic carbocycles. The van der Waals surface area contributed by atoms with Crippen molar-refractivity contribution in [3.63, 3.8) is 0 Å². The molecule has 0 bridgehead atoms. The topological polar surface area (TPSA) is 61.7 Å². The Balaban J connectivity index is 1.81. The molecule has 0 aromatic carbocycles. The maximum atomic E-state index is 5.63. The average Bonchev–Trinajstić information content (AvgIpc) is 2.78. The highest BCUT2D eigenvalue weighted by Gasteiger charge is 1.97. The van der Waals surface area contributed by atoms with Gasteiger partial charge in [-0.1, -0.05) is 0 Å². The molecule has 74 valence electrons. The molecule has 0 aliphatic heterocycles. The van der Waals surface area contributed by atoms with E-state index in [4.69, 9.17) is 5.73 Å². The number of nitrogens with zero attached hydrogens (tertiary/aromatic N) is 4. The normalized spacial score (nSPS) is 10.6. The van der Waals surface area contributed by atoms with Gasteiger partial charge in [-0.2, -0.15) is 5.10 Å². The first-order valence-corrected chi connectivity index (χ1v) is 4.60. The van der Waals surface area contributed by atoms with E-state index < -0.39 is 0 Å². The quantitative estimate of drug-likeness (QED) is 0.775. The molecule has 0 fully saturated rings. The lowest BCUT2D eigenvalue weighted by Crippen LogP contribution is -2.06. The largest absolute Gasteiger partial charge is 0.369 e. The van der Waals surface area contributed by atoms with Gasteiger partial charge < -0.3 is 10.3 Å². The first-order chi connectivity index (χ1) is 6.86. The second-order valence-electron chi connectivity index (χ2n) is 3.10. The number of imidazole rings is 1. The second kappa shape index (κ2) is 3.95. The molecule has 0 atom stereocenters. The second-order valence-corrected chi connectivity index (χ2v) is 3.10. The van der Waals surface area contributed by atoms with Crippen LogP contribution in [0.4, 0.5) is 5.95 Å².